The van der Waals surface area contributed by atoms with E-state index in [1.165, 1.54) is 0 Å². The van der Waals surface area contributed by atoms with Gasteiger partial charge in [0.2, 0.25) is 0 Å². The van der Waals surface area contributed by atoms with Crippen LogP contribution in [0, 0.1) is 7.14 Å². The van der Waals surface area contributed by atoms with Gasteiger partial charge in [-0.15, -0.1) is 0 Å². The molecule has 0 radical (unpaired) electrons. The number of hydrogen-bond acceptors (Lipinski definition) is 4. The first-order chi connectivity index (χ1) is 8.63. The summed E-state index contributed by atoms with van der Waals surface area (Å²) in [5.41, 5.74) is 2.77. The van der Waals surface area contributed by atoms with Crippen molar-refractivity contribution in [2.45, 2.75) is 0 Å². The highest BCUT2D eigenvalue weighted by atomic mass is 127. The number of nitrogens with zero attached hydrogens (tertiary/aromatic N) is 1. The van der Waals surface area contributed by atoms with Gasteiger partial charge in [-0.1, -0.05) is 6.07 Å². The van der Waals surface area contributed by atoms with Crippen molar-refractivity contribution in [3.8, 4) is 5.75 Å². The lowest BCUT2D eigenvalue weighted by Gasteiger charge is -2.11. The molecule has 0 aliphatic rings. The fourth-order valence-corrected chi connectivity index (χ4v) is 3.53. The van der Waals surface area contributed by atoms with Gasteiger partial charge in [-0.3, -0.25) is 15.2 Å². The van der Waals surface area contributed by atoms with Crippen LogP contribution < -0.4 is 16.0 Å². The number of ether oxygens (including phenoxy) is 1. The van der Waals surface area contributed by atoms with Gasteiger partial charge in [0.25, 0.3) is 5.91 Å². The predicted octanol–water partition coefficient (Wildman–Crippen LogP) is 1.81. The zero-order valence-corrected chi connectivity index (χ0v) is 13.4. The van der Waals surface area contributed by atoms with Gasteiger partial charge in [0, 0.05) is 15.2 Å². The van der Waals surface area contributed by atoms with Crippen LogP contribution in [0.3, 0.4) is 0 Å². The molecule has 18 heavy (non-hydrogen) atoms. The summed E-state index contributed by atoms with van der Waals surface area (Å²) in [6, 6.07) is 5.82. The number of amides is 1. The number of nitrogens with one attached hydrogen (secondary N) is 1. The molecule has 7 heteroatoms. The number of benzene rings is 1. The first kappa shape index (κ1) is 13.7. The van der Waals surface area contributed by atoms with E-state index in [-0.39, 0.29) is 12.5 Å². The van der Waals surface area contributed by atoms with Crippen molar-refractivity contribution in [1.82, 2.24) is 10.4 Å². The summed E-state index contributed by atoms with van der Waals surface area (Å²) in [6.07, 6.45) is 1.70. The molecule has 0 fully saturated rings. The van der Waals surface area contributed by atoms with Crippen molar-refractivity contribution in [2.24, 2.45) is 5.84 Å². The monoisotopic (exact) mass is 469 g/mol. The van der Waals surface area contributed by atoms with Gasteiger partial charge >= 0.3 is 0 Å². The molecule has 0 spiro atoms. The lowest BCUT2D eigenvalue weighted by atomic mass is 10.2. The van der Waals surface area contributed by atoms with Crippen LogP contribution in [0.15, 0.2) is 24.4 Å². The topological polar surface area (TPSA) is 77.2 Å². The highest BCUT2D eigenvalue weighted by Crippen LogP contribution is 2.32. The number of pyridine rings is 1. The zero-order valence-electron chi connectivity index (χ0n) is 9.11. The van der Waals surface area contributed by atoms with E-state index >= 15 is 0 Å². The summed E-state index contributed by atoms with van der Waals surface area (Å²) < 4.78 is 7.50. The van der Waals surface area contributed by atoms with Crippen molar-refractivity contribution >= 4 is 62.0 Å². The van der Waals surface area contributed by atoms with Crippen molar-refractivity contribution in [3.63, 3.8) is 0 Å². The van der Waals surface area contributed by atoms with E-state index in [2.05, 4.69) is 50.2 Å². The first-order valence-electron chi connectivity index (χ1n) is 4.98. The Morgan fingerprint density at radius 3 is 2.94 bits per heavy atom. The summed E-state index contributed by atoms with van der Waals surface area (Å²) in [4.78, 5) is 15.4. The van der Waals surface area contributed by atoms with E-state index in [4.69, 9.17) is 10.6 Å². The summed E-state index contributed by atoms with van der Waals surface area (Å²) in [7, 11) is 0. The molecule has 1 aromatic carbocycles. The highest BCUT2D eigenvalue weighted by molar-refractivity contribution is 14.1. The molecule has 0 bridgehead atoms. The normalized spacial score (nSPS) is 10.4. The minimum Gasteiger partial charge on any atom is -0.480 e. The Morgan fingerprint density at radius 2 is 2.22 bits per heavy atom. The molecular weight excluding hydrogens is 460 g/mol. The predicted molar refractivity (Wildman–Crippen MR) is 85.0 cm³/mol. The number of carbonyl (C=O) groups is 1. The number of rotatable bonds is 3. The van der Waals surface area contributed by atoms with Crippen molar-refractivity contribution in [3.05, 3.63) is 31.5 Å². The minimum atomic E-state index is -0.381. The third-order valence-electron chi connectivity index (χ3n) is 2.26. The Balaban J connectivity index is 2.46. The molecule has 0 aliphatic heterocycles. The number of halogens is 2. The second-order valence-electron chi connectivity index (χ2n) is 3.43. The van der Waals surface area contributed by atoms with Crippen molar-refractivity contribution in [2.75, 3.05) is 6.61 Å². The molecule has 5 nitrogen and oxygen atoms in total. The van der Waals surface area contributed by atoms with Crippen LogP contribution in [0.4, 0.5) is 0 Å². The van der Waals surface area contributed by atoms with E-state index in [9.17, 15) is 4.79 Å². The van der Waals surface area contributed by atoms with Crippen LogP contribution in [-0.4, -0.2) is 17.5 Å². The van der Waals surface area contributed by atoms with Gasteiger partial charge in [-0.2, -0.15) is 0 Å². The molecular formula is C11H9I2N3O2. The Bertz CT molecular complexity index is 604. The Hall–Kier alpha value is -0.680. The van der Waals surface area contributed by atoms with E-state index in [0.717, 1.165) is 18.0 Å². The molecule has 0 aliphatic carbocycles. The lowest BCUT2D eigenvalue weighted by Crippen LogP contribution is -2.34. The maximum Gasteiger partial charge on any atom is 0.271 e. The van der Waals surface area contributed by atoms with Gasteiger partial charge < -0.3 is 4.74 Å². The van der Waals surface area contributed by atoms with Crippen LogP contribution in [0.2, 0.25) is 0 Å². The Morgan fingerprint density at radius 1 is 1.44 bits per heavy atom. The van der Waals surface area contributed by atoms with Crippen LogP contribution in [0.5, 0.6) is 5.75 Å². The summed E-state index contributed by atoms with van der Waals surface area (Å²) in [6.45, 7) is -0.126. The van der Waals surface area contributed by atoms with Crippen LogP contribution >= 0.6 is 45.2 Å². The zero-order chi connectivity index (χ0) is 13.1. The second kappa shape index (κ2) is 5.97. The molecule has 3 N–H and O–H groups in total. The average molecular weight is 469 g/mol. The number of fused-ring (bicyclic) bond motifs is 1. The maximum atomic E-state index is 11.1. The van der Waals surface area contributed by atoms with Gasteiger partial charge in [-0.25, -0.2) is 5.84 Å². The number of aromatic nitrogens is 1. The first-order valence-corrected chi connectivity index (χ1v) is 7.14. The average Bonchev–Trinajstić information content (AvgIpc) is 2.38. The number of hydrogen-bond donors (Lipinski definition) is 2. The van der Waals surface area contributed by atoms with Crippen molar-refractivity contribution in [1.29, 1.82) is 0 Å². The highest BCUT2D eigenvalue weighted by Gasteiger charge is 2.12. The van der Waals surface area contributed by atoms with E-state index in [0.29, 0.717) is 5.75 Å². The van der Waals surface area contributed by atoms with E-state index in [1.807, 2.05) is 23.6 Å². The lowest BCUT2D eigenvalue weighted by molar-refractivity contribution is -0.123. The molecule has 1 amide bonds. The Labute approximate surface area is 131 Å². The van der Waals surface area contributed by atoms with E-state index in [1.54, 1.807) is 6.20 Å². The molecule has 0 saturated heterocycles. The smallest absolute Gasteiger partial charge is 0.271 e. The van der Waals surface area contributed by atoms with Crippen LogP contribution in [0.1, 0.15) is 0 Å². The molecule has 2 rings (SSSR count). The largest absolute Gasteiger partial charge is 0.480 e. The van der Waals surface area contributed by atoms with E-state index < -0.39 is 0 Å². The number of nitrogens with two attached hydrogens (primary N) is 1. The fraction of sp³-hybridized carbons (Fsp3) is 0.0909. The molecule has 0 unspecified atom stereocenters. The third kappa shape index (κ3) is 2.83. The summed E-state index contributed by atoms with van der Waals surface area (Å²) in [5, 5.41) is 1.00. The quantitative estimate of drug-likeness (QED) is 0.312. The van der Waals surface area contributed by atoms with Crippen molar-refractivity contribution < 1.29 is 9.53 Å². The number of hydrazine groups is 1. The maximum absolute atomic E-state index is 11.1. The molecule has 0 atom stereocenters. The molecule has 1 heterocycles. The molecule has 94 valence electrons. The SMILES string of the molecule is NNC(=O)COc1c(I)cc(I)c2cccnc12. The fourth-order valence-electron chi connectivity index (χ4n) is 1.46. The molecule has 1 aromatic heterocycles. The van der Waals surface area contributed by atoms with Gasteiger partial charge in [-0.05, 0) is 57.3 Å². The van der Waals surface area contributed by atoms with Gasteiger partial charge in [0.1, 0.15) is 5.52 Å². The molecule has 2 aromatic rings. The van der Waals surface area contributed by atoms with Gasteiger partial charge in [0.15, 0.2) is 12.4 Å². The molecule has 0 saturated carbocycles. The summed E-state index contributed by atoms with van der Waals surface area (Å²) >= 11 is 4.41. The summed E-state index contributed by atoms with van der Waals surface area (Å²) in [5.74, 6) is 5.24. The second-order valence-corrected chi connectivity index (χ2v) is 5.75. The van der Waals surface area contributed by atoms with Crippen LogP contribution in [-0.2, 0) is 4.79 Å². The Kier molecular flexibility index (Phi) is 4.56. The number of carbonyl (C=O) groups excluding carboxylic acids is 1. The standard InChI is InChI=1S/C11H9I2N3O2/c12-7-4-8(13)11(18-5-9(17)16-14)10-6(7)2-1-3-15-10/h1-4H,5,14H2,(H,16,17). The minimum absolute atomic E-state index is 0.126. The third-order valence-corrected chi connectivity index (χ3v) is 3.95. The van der Waals surface area contributed by atoms with Gasteiger partial charge in [0.05, 0.1) is 3.57 Å². The van der Waals surface area contributed by atoms with Crippen LogP contribution in [0.25, 0.3) is 10.9 Å².